The number of rotatable bonds is 21. The molecule has 0 aliphatic heterocycles. The molecule has 0 saturated heterocycles. The number of phenolic OH excluding ortho intramolecular Hbond substituents is 1. The summed E-state index contributed by atoms with van der Waals surface area (Å²) < 4.78 is 18.6. The number of phenols is 1. The van der Waals surface area contributed by atoms with Gasteiger partial charge in [-0.1, -0.05) is 72.3 Å². The van der Waals surface area contributed by atoms with E-state index < -0.39 is 18.2 Å². The minimum atomic E-state index is -1.51. The number of ether oxygens (including phenoxy) is 4. The lowest BCUT2D eigenvalue weighted by Crippen LogP contribution is -2.29. The third kappa shape index (κ3) is 27.4. The minimum Gasteiger partial charge on any atom is -0.508 e. The van der Waals surface area contributed by atoms with E-state index in [1.54, 1.807) is 54.9 Å². The first kappa shape index (κ1) is 86.9. The molecule has 26 heteroatoms. The van der Waals surface area contributed by atoms with Crippen LogP contribution in [0.1, 0.15) is 158 Å². The van der Waals surface area contributed by atoms with E-state index in [4.69, 9.17) is 9.84 Å². The Morgan fingerprint density at radius 1 is 0.389 bits per heavy atom. The lowest BCUT2D eigenvalue weighted by molar-refractivity contribution is -0.144. The molecular formula is C87H100N6O20. The van der Waals surface area contributed by atoms with Gasteiger partial charge in [-0.2, -0.15) is 0 Å². The Labute approximate surface area is 656 Å². The average molecular weight is 1550 g/mol. The average Bonchev–Trinajstić information content (AvgIpc) is 1.79. The molecule has 2 aromatic heterocycles. The summed E-state index contributed by atoms with van der Waals surface area (Å²) in [5.41, 5.74) is 13.0. The quantitative estimate of drug-likeness (QED) is 0.0109. The Kier molecular flexibility index (Phi) is 33.7. The van der Waals surface area contributed by atoms with Crippen LogP contribution in [0.2, 0.25) is 0 Å². The van der Waals surface area contributed by atoms with Crippen LogP contribution >= 0.6 is 0 Å². The lowest BCUT2D eigenvalue weighted by atomic mass is 9.92. The molecule has 0 fully saturated rings. The molecule has 5 aliphatic carbocycles. The summed E-state index contributed by atoms with van der Waals surface area (Å²) >= 11 is 0. The number of carboxylic acids is 1. The maximum atomic E-state index is 12.5. The van der Waals surface area contributed by atoms with Gasteiger partial charge in [-0.05, 0) is 187 Å². The Hall–Kier alpha value is -11.6. The fourth-order valence-corrected chi connectivity index (χ4v) is 14.2. The van der Waals surface area contributed by atoms with Crippen LogP contribution in [-0.2, 0) is 131 Å². The zero-order valence-corrected chi connectivity index (χ0v) is 64.4. The fourth-order valence-electron chi connectivity index (χ4n) is 14.2. The van der Waals surface area contributed by atoms with Crippen LogP contribution in [-0.4, -0.2) is 156 Å². The number of pyridine rings is 2. The van der Waals surface area contributed by atoms with Crippen LogP contribution in [0.3, 0.4) is 0 Å². The number of carboxylic acid groups (broad SMARTS) is 1. The van der Waals surface area contributed by atoms with Crippen LogP contribution < -0.4 is 21.3 Å². The zero-order chi connectivity index (χ0) is 81.5. The second kappa shape index (κ2) is 43.8. The van der Waals surface area contributed by atoms with Gasteiger partial charge in [0.05, 0.1) is 60.5 Å². The van der Waals surface area contributed by atoms with Gasteiger partial charge in [0.2, 0.25) is 0 Å². The van der Waals surface area contributed by atoms with Crippen LogP contribution in [0, 0.1) is 36.5 Å². The second-order valence-corrected chi connectivity index (χ2v) is 28.4. The number of amides is 2. The highest BCUT2D eigenvalue weighted by atomic mass is 16.5. The second-order valence-electron chi connectivity index (χ2n) is 28.4. The summed E-state index contributed by atoms with van der Waals surface area (Å²) in [5.74, 6) is -2.33. The van der Waals surface area contributed by atoms with Gasteiger partial charge in [-0.25, -0.2) is 9.97 Å². The van der Waals surface area contributed by atoms with E-state index in [0.717, 1.165) is 62.6 Å². The first-order valence-corrected chi connectivity index (χ1v) is 37.9. The number of hydrogen-bond donors (Lipinski definition) is 8. The number of aliphatic carboxylic acids is 1. The number of Topliss-reactive ketones (excluding diaryl/α,β-unsaturated/α-hetero) is 5. The van der Waals surface area contributed by atoms with Gasteiger partial charge in [0.25, 0.3) is 11.8 Å². The van der Waals surface area contributed by atoms with Crippen molar-refractivity contribution in [2.24, 2.45) is 29.6 Å². The number of fused-ring (bicyclic) bond motifs is 5. The maximum Gasteiger partial charge on any atom is 0.306 e. The number of aliphatic hydroxyl groups is 2. The van der Waals surface area contributed by atoms with Crippen molar-refractivity contribution >= 4 is 82.2 Å². The van der Waals surface area contributed by atoms with E-state index >= 15 is 0 Å². The molecular weight excluding hydrogens is 1450 g/mol. The molecule has 8 N–H and O–H groups in total. The van der Waals surface area contributed by atoms with Crippen LogP contribution in [0.15, 0.2) is 140 Å². The molecule has 2 heterocycles. The molecule has 7 aromatic rings. The standard InChI is InChI=1S/C22H25N3O4.C21H23N3O4.C15H18O5.C15H18O3.C14H16O4/c1-29-21(27)14-18-13-15-5-6-17(12-16(15)7-8-19(18)26)22(28)25-11-10-24-20-4-2-3-9-23-20;25-18-7-6-15-11-16(5-4-14(15)12-17(18)13-20(26)27)21(28)24-10-9-23-19-3-1-2-8-22-19;1-20-14(17)8-12-7-9-2-3-11(15(18)19)6-10(9)4-5-13(12)16;1-10-3-4-12-8-13(9-15(17)18-2)14(16)6-5-11(12)7-10;1-18-14(17)8-11-6-9-2-4-12(15)7-10(9)3-5-13(11)16/h2-6,9,12,18H,7-8,10-11,13-14H2,1H3,(H,23,24)(H,25,28);1-5,8,11,17H,6-7,9-10,12-13H2,(H,22,23)(H,24,28)(H,26,27);2-3,6,12,15,18-19H,4-5,7-8H2,1H3;3-4,7,13H,5-6,8-9H2,1-2H3;2,4,7,11,15H,3,5-6,8H2,1H3. The van der Waals surface area contributed by atoms with E-state index in [1.165, 1.54) is 45.1 Å². The van der Waals surface area contributed by atoms with Gasteiger partial charge in [0, 0.05) is 117 Å². The molecule has 0 spiro atoms. The number of methoxy groups -OCH3 is 4. The largest absolute Gasteiger partial charge is 0.508 e. The highest BCUT2D eigenvalue weighted by molar-refractivity contribution is 5.96. The monoisotopic (exact) mass is 1550 g/mol. The first-order valence-electron chi connectivity index (χ1n) is 37.9. The van der Waals surface area contributed by atoms with Crippen molar-refractivity contribution in [3.8, 4) is 5.75 Å². The van der Waals surface area contributed by atoms with E-state index in [2.05, 4.69) is 70.6 Å². The summed E-state index contributed by atoms with van der Waals surface area (Å²) in [6, 6.07) is 38.6. The fraction of sp³-hybridized carbons (Fsp3) is 0.402. The number of benzene rings is 5. The molecule has 113 heavy (non-hydrogen) atoms. The summed E-state index contributed by atoms with van der Waals surface area (Å²) in [4.78, 5) is 150. The highest BCUT2D eigenvalue weighted by Gasteiger charge is 2.32. The molecule has 5 unspecified atom stereocenters. The molecule has 5 aromatic carbocycles. The van der Waals surface area contributed by atoms with Crippen LogP contribution in [0.5, 0.6) is 5.75 Å². The number of aryl methyl sites for hydroxylation is 6. The SMILES string of the molecule is COC(=O)CC1Cc2ccc(C(=O)NCCNc3ccccn3)cc2CCC1=O.COC(=O)CC1Cc2ccc(C(O)O)cc2CCC1=O.COC(=O)CC1Cc2ccc(C)cc2CCC1=O.COC(=O)CC1Cc2ccc(O)cc2CCC1=O.O=C(O)CC1Cc2ccc(C(=O)NCCNc3ccccn3)cc2CCC1=O. The molecule has 5 aliphatic rings. The Bertz CT molecular complexity index is 4440. The summed E-state index contributed by atoms with van der Waals surface area (Å²) in [5, 5.41) is 48.8. The molecule has 5 atom stereocenters. The predicted molar refractivity (Wildman–Crippen MR) is 417 cm³/mol. The molecule has 26 nitrogen and oxygen atoms in total. The van der Waals surface area contributed by atoms with Crippen LogP contribution in [0.25, 0.3) is 0 Å². The van der Waals surface area contributed by atoms with Gasteiger partial charge >= 0.3 is 29.8 Å². The van der Waals surface area contributed by atoms with Crippen molar-refractivity contribution in [2.75, 3.05) is 65.3 Å². The van der Waals surface area contributed by atoms with E-state index in [9.17, 15) is 72.9 Å². The number of ketones is 5. The Morgan fingerprint density at radius 3 is 1.06 bits per heavy atom. The summed E-state index contributed by atoms with van der Waals surface area (Å²) in [6.07, 6.45) is 9.94. The normalized spacial score (nSPS) is 17.3. The number of esters is 4. The topological polar surface area (TPSA) is 397 Å². The molecule has 0 radical (unpaired) electrons. The number of carbonyl (C=O) groups excluding carboxylic acids is 11. The number of hydrogen-bond acceptors (Lipinski definition) is 23. The maximum absolute atomic E-state index is 12.5. The van der Waals surface area contributed by atoms with E-state index in [-0.39, 0.29) is 126 Å². The molecule has 0 bridgehead atoms. The van der Waals surface area contributed by atoms with Gasteiger partial charge in [-0.3, -0.25) is 57.5 Å². The lowest BCUT2D eigenvalue weighted by Gasteiger charge is -2.13. The van der Waals surface area contributed by atoms with Crippen molar-refractivity contribution < 1.29 is 96.9 Å². The number of nitrogens with zero attached hydrogens (tertiary/aromatic N) is 2. The number of aromatic hydroxyl groups is 1. The van der Waals surface area contributed by atoms with Gasteiger partial charge in [0.1, 0.15) is 46.3 Å². The van der Waals surface area contributed by atoms with Crippen molar-refractivity contribution in [2.45, 2.75) is 142 Å². The number of nitrogens with one attached hydrogen (secondary N) is 4. The number of carbonyl (C=O) groups is 12. The predicted octanol–water partition coefficient (Wildman–Crippen LogP) is 9.00. The highest BCUT2D eigenvalue weighted by Crippen LogP contribution is 2.32. The Morgan fingerprint density at radius 2 is 0.717 bits per heavy atom. The number of aromatic nitrogens is 2. The smallest absolute Gasteiger partial charge is 0.306 e. The zero-order valence-electron chi connectivity index (χ0n) is 64.4. The van der Waals surface area contributed by atoms with Gasteiger partial charge < -0.3 is 60.6 Å². The van der Waals surface area contributed by atoms with Crippen LogP contribution in [0.4, 0.5) is 11.6 Å². The Balaban J connectivity index is 0.000000180. The van der Waals surface area contributed by atoms with Gasteiger partial charge in [-0.15, -0.1) is 0 Å². The van der Waals surface area contributed by atoms with E-state index in [1.807, 2.05) is 66.7 Å². The first-order chi connectivity index (χ1) is 54.3. The van der Waals surface area contributed by atoms with Crippen molar-refractivity contribution in [3.63, 3.8) is 0 Å². The summed E-state index contributed by atoms with van der Waals surface area (Å²) in [6.45, 7) is 4.09. The molecule has 12 rings (SSSR count). The van der Waals surface area contributed by atoms with E-state index in [0.29, 0.717) is 133 Å². The number of anilines is 2. The minimum absolute atomic E-state index is 0.0230. The van der Waals surface area contributed by atoms with Crippen molar-refractivity contribution in [3.05, 3.63) is 218 Å². The molecule has 2 amide bonds. The third-order valence-corrected chi connectivity index (χ3v) is 20.6. The van der Waals surface area contributed by atoms with Gasteiger partial charge in [0.15, 0.2) is 6.29 Å². The molecule has 598 valence electrons. The molecule has 0 saturated carbocycles. The van der Waals surface area contributed by atoms with Crippen molar-refractivity contribution in [1.82, 2.24) is 20.6 Å². The third-order valence-electron chi connectivity index (χ3n) is 20.6. The number of aliphatic hydroxyl groups excluding tert-OH is 1. The van der Waals surface area contributed by atoms with Crippen molar-refractivity contribution in [1.29, 1.82) is 0 Å². The summed E-state index contributed by atoms with van der Waals surface area (Å²) in [7, 11) is 5.33.